The summed E-state index contributed by atoms with van der Waals surface area (Å²) in [5.74, 6) is 0. The Morgan fingerprint density at radius 3 is 2.74 bits per heavy atom. The third kappa shape index (κ3) is 4.06. The van der Waals surface area contributed by atoms with Gasteiger partial charge >= 0.3 is 0 Å². The van der Waals surface area contributed by atoms with E-state index in [0.717, 1.165) is 31.6 Å². The summed E-state index contributed by atoms with van der Waals surface area (Å²) < 4.78 is 1.54. The van der Waals surface area contributed by atoms with Crippen LogP contribution in [0.15, 0.2) is 17.1 Å². The third-order valence-electron chi connectivity index (χ3n) is 3.61. The van der Waals surface area contributed by atoms with E-state index in [-0.39, 0.29) is 11.6 Å². The second-order valence-electron chi connectivity index (χ2n) is 5.44. The lowest BCUT2D eigenvalue weighted by molar-refractivity contribution is 0.504. The van der Waals surface area contributed by atoms with Crippen LogP contribution >= 0.6 is 0 Å². The normalized spacial score (nSPS) is 17.5. The van der Waals surface area contributed by atoms with E-state index in [9.17, 15) is 4.79 Å². The predicted octanol–water partition coefficient (Wildman–Crippen LogP) is 1.36. The Bertz CT molecular complexity index is 449. The van der Waals surface area contributed by atoms with Gasteiger partial charge in [-0.3, -0.25) is 4.79 Å². The Hall–Kier alpha value is -1.36. The molecule has 1 aromatic rings. The van der Waals surface area contributed by atoms with Gasteiger partial charge in [0.2, 0.25) is 0 Å². The highest BCUT2D eigenvalue weighted by molar-refractivity contribution is 5.43. The van der Waals surface area contributed by atoms with Gasteiger partial charge in [-0.05, 0) is 39.0 Å². The molecule has 5 nitrogen and oxygen atoms in total. The van der Waals surface area contributed by atoms with E-state index in [1.54, 1.807) is 6.07 Å². The molecule has 2 N–H and O–H groups in total. The van der Waals surface area contributed by atoms with Crippen molar-refractivity contribution in [2.75, 3.05) is 18.0 Å². The highest BCUT2D eigenvalue weighted by Crippen LogP contribution is 2.16. The SMILES string of the molecule is CC(N)CCCn1ncc(N2CCCCC2)cc1=O. The van der Waals surface area contributed by atoms with Crippen LogP contribution in [0.4, 0.5) is 5.69 Å². The van der Waals surface area contributed by atoms with Crippen molar-refractivity contribution >= 4 is 5.69 Å². The van der Waals surface area contributed by atoms with E-state index < -0.39 is 0 Å². The Labute approximate surface area is 114 Å². The maximum atomic E-state index is 12.0. The first kappa shape index (κ1) is 14.1. The van der Waals surface area contributed by atoms with Crippen LogP contribution < -0.4 is 16.2 Å². The number of nitrogens with zero attached hydrogens (tertiary/aromatic N) is 3. The highest BCUT2D eigenvalue weighted by atomic mass is 16.1. The molecular weight excluding hydrogens is 240 g/mol. The van der Waals surface area contributed by atoms with E-state index in [4.69, 9.17) is 5.73 Å². The lowest BCUT2D eigenvalue weighted by atomic mass is 10.1. The highest BCUT2D eigenvalue weighted by Gasteiger charge is 2.12. The molecule has 1 unspecified atom stereocenters. The van der Waals surface area contributed by atoms with Crippen LogP contribution in [0.25, 0.3) is 0 Å². The number of nitrogens with two attached hydrogens (primary N) is 1. The van der Waals surface area contributed by atoms with Gasteiger partial charge < -0.3 is 10.6 Å². The van der Waals surface area contributed by atoms with E-state index >= 15 is 0 Å². The molecule has 106 valence electrons. The molecule has 0 radical (unpaired) electrons. The molecule has 2 heterocycles. The molecule has 1 saturated heterocycles. The first-order valence-electron chi connectivity index (χ1n) is 7.24. The Kier molecular flexibility index (Phi) is 4.96. The summed E-state index contributed by atoms with van der Waals surface area (Å²) in [5, 5.41) is 4.27. The van der Waals surface area contributed by atoms with E-state index in [2.05, 4.69) is 10.00 Å². The van der Waals surface area contributed by atoms with Gasteiger partial charge in [0.25, 0.3) is 5.56 Å². The lowest BCUT2D eigenvalue weighted by Crippen LogP contribution is -2.32. The van der Waals surface area contributed by atoms with E-state index in [1.165, 1.54) is 23.9 Å². The number of anilines is 1. The van der Waals surface area contributed by atoms with Crippen LogP contribution in [0.5, 0.6) is 0 Å². The molecule has 1 fully saturated rings. The number of piperidine rings is 1. The molecule has 1 aliphatic heterocycles. The fraction of sp³-hybridized carbons (Fsp3) is 0.714. The van der Waals surface area contributed by atoms with Crippen molar-refractivity contribution < 1.29 is 0 Å². The van der Waals surface area contributed by atoms with Crippen molar-refractivity contribution in [3.8, 4) is 0 Å². The molecule has 19 heavy (non-hydrogen) atoms. The molecule has 0 aliphatic carbocycles. The molecule has 0 bridgehead atoms. The second-order valence-corrected chi connectivity index (χ2v) is 5.44. The van der Waals surface area contributed by atoms with Crippen LogP contribution in [0.2, 0.25) is 0 Å². The summed E-state index contributed by atoms with van der Waals surface area (Å²) in [4.78, 5) is 14.3. The maximum absolute atomic E-state index is 12.0. The monoisotopic (exact) mass is 264 g/mol. The van der Waals surface area contributed by atoms with Crippen molar-refractivity contribution in [3.63, 3.8) is 0 Å². The number of aromatic nitrogens is 2. The van der Waals surface area contributed by atoms with Crippen LogP contribution in [-0.4, -0.2) is 28.9 Å². The zero-order valence-electron chi connectivity index (χ0n) is 11.7. The van der Waals surface area contributed by atoms with E-state index in [0.29, 0.717) is 6.54 Å². The van der Waals surface area contributed by atoms with Gasteiger partial charge in [0.1, 0.15) is 0 Å². The Balaban J connectivity index is 1.98. The van der Waals surface area contributed by atoms with Crippen LogP contribution in [0.3, 0.4) is 0 Å². The summed E-state index contributed by atoms with van der Waals surface area (Å²) in [7, 11) is 0. The van der Waals surface area contributed by atoms with Gasteiger partial charge in [-0.25, -0.2) is 4.68 Å². The summed E-state index contributed by atoms with van der Waals surface area (Å²) in [6.07, 6.45) is 7.33. The average molecular weight is 264 g/mol. The number of hydrogen-bond acceptors (Lipinski definition) is 4. The fourth-order valence-electron chi connectivity index (χ4n) is 2.48. The van der Waals surface area contributed by atoms with Gasteiger partial charge in [-0.15, -0.1) is 0 Å². The van der Waals surface area contributed by atoms with Gasteiger partial charge in [0, 0.05) is 31.7 Å². The van der Waals surface area contributed by atoms with Gasteiger partial charge in [0.05, 0.1) is 11.9 Å². The third-order valence-corrected chi connectivity index (χ3v) is 3.61. The van der Waals surface area contributed by atoms with Crippen molar-refractivity contribution in [2.45, 2.75) is 51.6 Å². The largest absolute Gasteiger partial charge is 0.370 e. The fourth-order valence-corrected chi connectivity index (χ4v) is 2.48. The molecule has 2 rings (SSSR count). The molecule has 0 amide bonds. The van der Waals surface area contributed by atoms with Crippen LogP contribution in [-0.2, 0) is 6.54 Å². The topological polar surface area (TPSA) is 64.2 Å². The predicted molar refractivity (Wildman–Crippen MR) is 77.4 cm³/mol. The Morgan fingerprint density at radius 1 is 1.37 bits per heavy atom. The minimum absolute atomic E-state index is 0.00671. The zero-order valence-corrected chi connectivity index (χ0v) is 11.7. The number of rotatable bonds is 5. The Morgan fingerprint density at radius 2 is 2.11 bits per heavy atom. The average Bonchev–Trinajstić information content (AvgIpc) is 2.41. The minimum atomic E-state index is -0.00671. The molecular formula is C14H24N4O. The smallest absolute Gasteiger partial charge is 0.268 e. The van der Waals surface area contributed by atoms with Crippen molar-refractivity contribution in [1.82, 2.24) is 9.78 Å². The van der Waals surface area contributed by atoms with E-state index in [1.807, 2.05) is 13.1 Å². The van der Waals surface area contributed by atoms with Crippen LogP contribution in [0, 0.1) is 0 Å². The second kappa shape index (κ2) is 6.70. The first-order chi connectivity index (χ1) is 9.16. The van der Waals surface area contributed by atoms with Gasteiger partial charge in [0.15, 0.2) is 0 Å². The molecule has 1 atom stereocenters. The lowest BCUT2D eigenvalue weighted by Gasteiger charge is -2.28. The van der Waals surface area contributed by atoms with Gasteiger partial charge in [-0.2, -0.15) is 5.10 Å². The summed E-state index contributed by atoms with van der Waals surface area (Å²) >= 11 is 0. The molecule has 0 spiro atoms. The summed E-state index contributed by atoms with van der Waals surface area (Å²) in [5.41, 5.74) is 6.66. The molecule has 0 aromatic carbocycles. The van der Waals surface area contributed by atoms with Crippen molar-refractivity contribution in [3.05, 3.63) is 22.6 Å². The standard InChI is InChI=1S/C14H24N4O/c1-12(15)6-5-9-18-14(19)10-13(11-16-18)17-7-3-2-4-8-17/h10-12H,2-9,15H2,1H3. The molecule has 5 heteroatoms. The molecule has 1 aromatic heterocycles. The minimum Gasteiger partial charge on any atom is -0.370 e. The van der Waals surface area contributed by atoms with Crippen LogP contribution in [0.1, 0.15) is 39.0 Å². The summed E-state index contributed by atoms with van der Waals surface area (Å²) in [6, 6.07) is 1.90. The van der Waals surface area contributed by atoms with Crippen molar-refractivity contribution in [2.24, 2.45) is 5.73 Å². The quantitative estimate of drug-likeness (QED) is 0.872. The number of aryl methyl sites for hydroxylation is 1. The first-order valence-corrected chi connectivity index (χ1v) is 7.24. The number of hydrogen-bond donors (Lipinski definition) is 1. The zero-order chi connectivity index (χ0) is 13.7. The maximum Gasteiger partial charge on any atom is 0.268 e. The molecule has 0 saturated carbocycles. The van der Waals surface area contributed by atoms with Crippen molar-refractivity contribution in [1.29, 1.82) is 0 Å². The van der Waals surface area contributed by atoms with Gasteiger partial charge in [-0.1, -0.05) is 0 Å². The molecule has 1 aliphatic rings. The summed E-state index contributed by atoms with van der Waals surface area (Å²) in [6.45, 7) is 4.71.